The molecule has 5 nitrogen and oxygen atoms in total. The van der Waals surface area contributed by atoms with Gasteiger partial charge in [-0.2, -0.15) is 0 Å². The first-order chi connectivity index (χ1) is 12.2. The molecule has 0 saturated carbocycles. The van der Waals surface area contributed by atoms with Crippen molar-refractivity contribution in [2.45, 2.75) is 32.3 Å². The molecule has 138 valence electrons. The van der Waals surface area contributed by atoms with Crippen LogP contribution in [0.15, 0.2) is 24.3 Å². The molecule has 3 rings (SSSR count). The molecule has 2 unspecified atom stereocenters. The van der Waals surface area contributed by atoms with E-state index in [0.717, 1.165) is 30.6 Å². The number of amides is 1. The molecule has 2 N–H and O–H groups in total. The second-order valence-electron chi connectivity index (χ2n) is 7.61. The number of likely N-dealkylation sites (tertiary alicyclic amines) is 2. The predicted octanol–water partition coefficient (Wildman–Crippen LogP) is 1.27. The number of benzene rings is 1. The Morgan fingerprint density at radius 1 is 1.00 bits per heavy atom. The van der Waals surface area contributed by atoms with E-state index in [9.17, 15) is 9.90 Å². The number of piperidine rings is 1. The Bertz CT molecular complexity index is 555. The lowest BCUT2D eigenvalue weighted by Gasteiger charge is -2.38. The summed E-state index contributed by atoms with van der Waals surface area (Å²) < 4.78 is 0. The minimum absolute atomic E-state index is 0.0245. The standard InChI is InChI=1S/C20H30N2O3/c23-14-17-5-3-16(4-6-17)10-20(25)22-12-18(9-19(13-22)15-24)11-21-7-1-2-8-21/h3-6,18-19,23-24H,1-2,7-15H2. The number of nitrogens with zero attached hydrogens (tertiary/aromatic N) is 2. The van der Waals surface area contributed by atoms with E-state index in [-0.39, 0.29) is 25.0 Å². The van der Waals surface area contributed by atoms with E-state index in [1.54, 1.807) is 0 Å². The highest BCUT2D eigenvalue weighted by molar-refractivity contribution is 5.79. The molecule has 2 aliphatic rings. The predicted molar refractivity (Wildman–Crippen MR) is 97.0 cm³/mol. The summed E-state index contributed by atoms with van der Waals surface area (Å²) in [6, 6.07) is 7.56. The molecule has 0 spiro atoms. The number of aliphatic hydroxyl groups excluding tert-OH is 2. The molecule has 0 aliphatic carbocycles. The summed E-state index contributed by atoms with van der Waals surface area (Å²) in [5, 5.41) is 18.8. The van der Waals surface area contributed by atoms with Crippen LogP contribution in [0.2, 0.25) is 0 Å². The summed E-state index contributed by atoms with van der Waals surface area (Å²) >= 11 is 0. The van der Waals surface area contributed by atoms with Crippen LogP contribution in [-0.2, 0) is 17.8 Å². The first kappa shape index (κ1) is 18.4. The van der Waals surface area contributed by atoms with Gasteiger partial charge in [-0.3, -0.25) is 4.79 Å². The maximum atomic E-state index is 12.7. The number of hydrogen-bond donors (Lipinski definition) is 2. The molecule has 2 fully saturated rings. The Kier molecular flexibility index (Phi) is 6.45. The van der Waals surface area contributed by atoms with E-state index in [4.69, 9.17) is 5.11 Å². The lowest BCUT2D eigenvalue weighted by molar-refractivity contribution is -0.134. The second kappa shape index (κ2) is 8.79. The summed E-state index contributed by atoms with van der Waals surface area (Å²) in [5.74, 6) is 0.799. The van der Waals surface area contributed by atoms with Gasteiger partial charge in [-0.1, -0.05) is 24.3 Å². The summed E-state index contributed by atoms with van der Waals surface area (Å²) in [6.07, 6.45) is 3.97. The van der Waals surface area contributed by atoms with Crippen molar-refractivity contribution in [2.24, 2.45) is 11.8 Å². The summed E-state index contributed by atoms with van der Waals surface area (Å²) in [5.41, 5.74) is 1.84. The zero-order valence-corrected chi connectivity index (χ0v) is 14.9. The maximum Gasteiger partial charge on any atom is 0.227 e. The summed E-state index contributed by atoms with van der Waals surface area (Å²) in [4.78, 5) is 17.2. The van der Waals surface area contributed by atoms with Crippen molar-refractivity contribution < 1.29 is 15.0 Å². The van der Waals surface area contributed by atoms with E-state index >= 15 is 0 Å². The van der Waals surface area contributed by atoms with Gasteiger partial charge in [0.2, 0.25) is 5.91 Å². The molecule has 0 radical (unpaired) electrons. The molecule has 25 heavy (non-hydrogen) atoms. The van der Waals surface area contributed by atoms with E-state index in [1.165, 1.54) is 25.9 Å². The quantitative estimate of drug-likeness (QED) is 0.814. The molecule has 2 atom stereocenters. The van der Waals surface area contributed by atoms with Gasteiger partial charge in [0.25, 0.3) is 0 Å². The van der Waals surface area contributed by atoms with E-state index in [0.29, 0.717) is 18.9 Å². The lowest BCUT2D eigenvalue weighted by atomic mass is 9.89. The van der Waals surface area contributed by atoms with Crippen LogP contribution < -0.4 is 0 Å². The molecule has 2 heterocycles. The van der Waals surface area contributed by atoms with Gasteiger partial charge in [0.1, 0.15) is 0 Å². The third-order valence-electron chi connectivity index (χ3n) is 5.51. The highest BCUT2D eigenvalue weighted by atomic mass is 16.3. The first-order valence-electron chi connectivity index (χ1n) is 9.47. The number of aliphatic hydroxyl groups is 2. The fourth-order valence-electron chi connectivity index (χ4n) is 4.17. The van der Waals surface area contributed by atoms with Crippen molar-refractivity contribution in [2.75, 3.05) is 39.3 Å². The van der Waals surface area contributed by atoms with Crippen LogP contribution in [0.4, 0.5) is 0 Å². The molecule has 1 amide bonds. The highest BCUT2D eigenvalue weighted by Crippen LogP contribution is 2.24. The van der Waals surface area contributed by atoms with Gasteiger partial charge in [0.05, 0.1) is 13.0 Å². The SMILES string of the molecule is O=C(Cc1ccc(CO)cc1)N1CC(CO)CC(CN2CCCC2)C1. The third kappa shape index (κ3) is 5.03. The Morgan fingerprint density at radius 2 is 1.64 bits per heavy atom. The Balaban J connectivity index is 1.58. The summed E-state index contributed by atoms with van der Waals surface area (Å²) in [7, 11) is 0. The molecule has 2 saturated heterocycles. The average Bonchev–Trinajstić information content (AvgIpc) is 3.15. The van der Waals surface area contributed by atoms with Gasteiger partial charge in [-0.25, -0.2) is 0 Å². The molecule has 0 bridgehead atoms. The fourth-order valence-corrected chi connectivity index (χ4v) is 4.17. The largest absolute Gasteiger partial charge is 0.396 e. The van der Waals surface area contributed by atoms with E-state index in [2.05, 4.69) is 4.90 Å². The second-order valence-corrected chi connectivity index (χ2v) is 7.61. The van der Waals surface area contributed by atoms with Crippen molar-refractivity contribution in [3.05, 3.63) is 35.4 Å². The molecule has 1 aromatic carbocycles. The number of carbonyl (C=O) groups excluding carboxylic acids is 1. The van der Waals surface area contributed by atoms with Crippen molar-refractivity contribution in [3.63, 3.8) is 0 Å². The van der Waals surface area contributed by atoms with Crippen LogP contribution in [0.3, 0.4) is 0 Å². The van der Waals surface area contributed by atoms with Crippen molar-refractivity contribution in [1.29, 1.82) is 0 Å². The zero-order valence-electron chi connectivity index (χ0n) is 14.9. The van der Waals surface area contributed by atoms with Crippen LogP contribution in [0.1, 0.15) is 30.4 Å². The number of rotatable bonds is 6. The topological polar surface area (TPSA) is 64.0 Å². The van der Waals surface area contributed by atoms with Crippen LogP contribution in [-0.4, -0.2) is 65.3 Å². The Labute approximate surface area is 150 Å². The van der Waals surface area contributed by atoms with Crippen molar-refractivity contribution in [3.8, 4) is 0 Å². The first-order valence-corrected chi connectivity index (χ1v) is 9.47. The van der Waals surface area contributed by atoms with Gasteiger partial charge in [0, 0.05) is 26.2 Å². The van der Waals surface area contributed by atoms with Crippen molar-refractivity contribution in [1.82, 2.24) is 9.80 Å². The van der Waals surface area contributed by atoms with Crippen LogP contribution in [0.5, 0.6) is 0 Å². The molecule has 5 heteroatoms. The van der Waals surface area contributed by atoms with Gasteiger partial charge in [-0.05, 0) is 55.3 Å². The fraction of sp³-hybridized carbons (Fsp3) is 0.650. The number of hydrogen-bond acceptors (Lipinski definition) is 4. The molecular formula is C20H30N2O3. The average molecular weight is 346 g/mol. The monoisotopic (exact) mass is 346 g/mol. The maximum absolute atomic E-state index is 12.7. The Morgan fingerprint density at radius 3 is 2.28 bits per heavy atom. The van der Waals surface area contributed by atoms with Gasteiger partial charge < -0.3 is 20.0 Å². The molecule has 1 aromatic rings. The zero-order chi connectivity index (χ0) is 17.6. The summed E-state index contributed by atoms with van der Waals surface area (Å²) in [6.45, 7) is 5.05. The third-order valence-corrected chi connectivity index (χ3v) is 5.51. The Hall–Kier alpha value is -1.43. The number of carbonyl (C=O) groups is 1. The van der Waals surface area contributed by atoms with Gasteiger partial charge >= 0.3 is 0 Å². The van der Waals surface area contributed by atoms with Gasteiger partial charge in [-0.15, -0.1) is 0 Å². The van der Waals surface area contributed by atoms with E-state index in [1.807, 2.05) is 29.2 Å². The lowest BCUT2D eigenvalue weighted by Crippen LogP contribution is -2.48. The molecule has 2 aliphatic heterocycles. The van der Waals surface area contributed by atoms with Crippen LogP contribution in [0, 0.1) is 11.8 Å². The van der Waals surface area contributed by atoms with Crippen LogP contribution >= 0.6 is 0 Å². The minimum atomic E-state index is 0.0245. The van der Waals surface area contributed by atoms with Crippen molar-refractivity contribution >= 4 is 5.91 Å². The van der Waals surface area contributed by atoms with Crippen LogP contribution in [0.25, 0.3) is 0 Å². The minimum Gasteiger partial charge on any atom is -0.396 e. The molecule has 0 aromatic heterocycles. The smallest absolute Gasteiger partial charge is 0.227 e. The molecular weight excluding hydrogens is 316 g/mol. The normalized spacial score (nSPS) is 24.6. The van der Waals surface area contributed by atoms with Gasteiger partial charge in [0.15, 0.2) is 0 Å². The highest BCUT2D eigenvalue weighted by Gasteiger charge is 2.31. The van der Waals surface area contributed by atoms with E-state index < -0.39 is 0 Å².